The highest BCUT2D eigenvalue weighted by atomic mass is 16.5. The van der Waals surface area contributed by atoms with E-state index in [2.05, 4.69) is 174 Å². The van der Waals surface area contributed by atoms with Gasteiger partial charge in [-0.1, -0.05) is 291 Å². The second-order valence-corrected chi connectivity index (χ2v) is 38.5. The number of phenols is 3. The highest BCUT2D eigenvalue weighted by Gasteiger charge is 2.57. The summed E-state index contributed by atoms with van der Waals surface area (Å²) < 4.78 is 18.0. The van der Waals surface area contributed by atoms with E-state index >= 15 is 0 Å². The summed E-state index contributed by atoms with van der Waals surface area (Å²) in [6, 6.07) is 73.2. The topological polar surface area (TPSA) is 140 Å². The predicted octanol–water partition coefficient (Wildman–Crippen LogP) is 30.9. The Morgan fingerprint density at radius 1 is 0.258 bits per heavy atom. The van der Waals surface area contributed by atoms with Crippen LogP contribution in [-0.4, -0.2) is 33.2 Å². The fourth-order valence-electron chi connectivity index (χ4n) is 23.9. The number of esters is 3. The summed E-state index contributed by atoms with van der Waals surface area (Å²) in [7, 11) is 0. The van der Waals surface area contributed by atoms with Gasteiger partial charge in [0, 0.05) is 32.3 Å². The van der Waals surface area contributed by atoms with Crippen molar-refractivity contribution >= 4 is 82.5 Å². The maximum Gasteiger partial charge on any atom is 0.314 e. The highest BCUT2D eigenvalue weighted by Crippen LogP contribution is 2.62. The van der Waals surface area contributed by atoms with Crippen LogP contribution in [0.5, 0.6) is 34.5 Å². The fraction of sp³-hybridized carbons (Fsp3) is 0.452. The Labute approximate surface area is 738 Å². The third-order valence-corrected chi connectivity index (χ3v) is 31.8. The third-order valence-electron chi connectivity index (χ3n) is 31.8. The molecule has 0 heterocycles. The van der Waals surface area contributed by atoms with Crippen LogP contribution in [0.1, 0.15) is 287 Å². The molecule has 0 amide bonds. The summed E-state index contributed by atoms with van der Waals surface area (Å²) in [5.74, 6) is 14.3. The van der Waals surface area contributed by atoms with Gasteiger partial charge in [0.2, 0.25) is 0 Å². The average molecular weight is 1660 g/mol. The lowest BCUT2D eigenvalue weighted by atomic mass is 9.67. The van der Waals surface area contributed by atoms with Crippen molar-refractivity contribution in [1.82, 2.24) is 0 Å². The van der Waals surface area contributed by atoms with Crippen LogP contribution in [0.4, 0.5) is 0 Å². The SMILES string of the molecule is CCC(C)c1ccc(O)c2ccccc12.CCC(C)c1ccc(O)c2ccccc12.CCC(C)c1ccc(O)c2ccccc12.CCC(C)c1ccc(OC(=O)C2CC3CC2C2CCCC32)c2ccccc12.CCC(C)c1ccc(OC(=O)C2CC3CC2C2CCCCC32)c2ccccc12.CCC(C)c1ccc(OC(=O)C2CC3CCC2C3)c2ccccc12. The Kier molecular flexibility index (Phi) is 28.7. The summed E-state index contributed by atoms with van der Waals surface area (Å²) in [5.41, 5.74) is 8.01. The van der Waals surface area contributed by atoms with E-state index < -0.39 is 0 Å². The standard InChI is InChI=1S/C26H32O2.C25H30O2.C22H26O2.3C14H16O/c1-3-16(2)18-12-13-25(22-11-7-6-9-20(18)22)28-26(27)24-15-17-14-23(24)21-10-5-4-8-19(17)21;1-3-15(2)17-11-12-24(21-8-5-4-7-19(17)21)27-25(26)23-14-16-13-22(23)20-10-6-9-18(16)20;1-3-14(2)17-10-11-21(19-7-5-4-6-18(17)19)24-22(23)20-13-15-8-9-16(20)12-15;3*1-3-10(2)11-8-9-14(15)13-7-5-4-6-12(11)13/h6-7,9,11-13,16-17,19,21,23-24H,3-5,8,10,14-15H2,1-2H3;4-5,7-8,11-12,15-16,18,20,22-23H,3,6,9-10,13-14H2,1-2H3;4-7,10-11,14-16,20H,3,8-9,12-13H2,1-2H3;3*4-10,15H,3H2,1-2H3. The minimum Gasteiger partial charge on any atom is -0.507 e. The van der Waals surface area contributed by atoms with Crippen LogP contribution in [0.25, 0.3) is 64.6 Å². The van der Waals surface area contributed by atoms with Gasteiger partial charge < -0.3 is 29.5 Å². The quantitative estimate of drug-likeness (QED) is 0.0566. The molecule has 3 N–H and O–H groups in total. The molecule has 8 fully saturated rings. The number of aromatic hydroxyl groups is 3. The van der Waals surface area contributed by atoms with Crippen LogP contribution >= 0.6 is 0 Å². The molecule has 12 aromatic carbocycles. The Bertz CT molecular complexity index is 5500. The van der Waals surface area contributed by atoms with Crippen molar-refractivity contribution in [2.24, 2.45) is 76.9 Å². The molecule has 12 aromatic rings. The molecule has 20 rings (SSSR count). The molecule has 8 aliphatic carbocycles. The van der Waals surface area contributed by atoms with Crippen molar-refractivity contribution < 1.29 is 43.9 Å². The number of phenolic OH excluding ortho intramolecular Hbond substituents is 3. The van der Waals surface area contributed by atoms with Crippen molar-refractivity contribution in [2.45, 2.75) is 253 Å². The van der Waals surface area contributed by atoms with Gasteiger partial charge in [-0.15, -0.1) is 0 Å². The molecule has 19 unspecified atom stereocenters. The molecular formula is C115H136O9. The van der Waals surface area contributed by atoms with Gasteiger partial charge in [-0.05, 0) is 306 Å². The van der Waals surface area contributed by atoms with Crippen molar-refractivity contribution in [3.8, 4) is 34.5 Å². The first-order chi connectivity index (χ1) is 60.2. The zero-order valence-corrected chi connectivity index (χ0v) is 75.9. The minimum absolute atomic E-state index is 0.0105. The molecule has 9 heteroatoms. The molecule has 19 atom stereocenters. The van der Waals surface area contributed by atoms with Crippen molar-refractivity contribution in [2.75, 3.05) is 0 Å². The van der Waals surface area contributed by atoms with Gasteiger partial charge in [-0.3, -0.25) is 14.4 Å². The molecule has 0 radical (unpaired) electrons. The zero-order valence-electron chi connectivity index (χ0n) is 75.9. The molecule has 8 saturated carbocycles. The van der Waals surface area contributed by atoms with Gasteiger partial charge in [0.15, 0.2) is 0 Å². The van der Waals surface area contributed by atoms with E-state index in [1.807, 2.05) is 109 Å². The summed E-state index contributed by atoms with van der Waals surface area (Å²) in [6.07, 6.45) is 25.7. The van der Waals surface area contributed by atoms with Crippen molar-refractivity contribution in [1.29, 1.82) is 0 Å². The minimum atomic E-state index is -0.0105. The molecule has 0 aromatic heterocycles. The van der Waals surface area contributed by atoms with E-state index in [1.165, 1.54) is 143 Å². The zero-order chi connectivity index (χ0) is 87.0. The first-order valence-corrected chi connectivity index (χ1v) is 48.0. The lowest BCUT2D eigenvalue weighted by molar-refractivity contribution is -0.142. The number of rotatable bonds is 18. The van der Waals surface area contributed by atoms with Gasteiger partial charge in [-0.2, -0.15) is 0 Å². The van der Waals surface area contributed by atoms with Crippen LogP contribution < -0.4 is 14.2 Å². The number of carbonyl (C=O) groups is 3. The van der Waals surface area contributed by atoms with E-state index in [-0.39, 0.29) is 35.7 Å². The van der Waals surface area contributed by atoms with Gasteiger partial charge in [0.1, 0.15) is 34.5 Å². The lowest BCUT2D eigenvalue weighted by Crippen LogP contribution is -2.35. The number of benzene rings is 12. The first-order valence-electron chi connectivity index (χ1n) is 48.0. The van der Waals surface area contributed by atoms with Crippen LogP contribution in [0.3, 0.4) is 0 Å². The molecule has 124 heavy (non-hydrogen) atoms. The molecule has 0 spiro atoms. The van der Waals surface area contributed by atoms with Gasteiger partial charge >= 0.3 is 17.9 Å². The van der Waals surface area contributed by atoms with Gasteiger partial charge in [0.25, 0.3) is 0 Å². The molecule has 0 saturated heterocycles. The maximum absolute atomic E-state index is 13.2. The summed E-state index contributed by atoms with van der Waals surface area (Å²) in [4.78, 5) is 39.0. The van der Waals surface area contributed by atoms with E-state index in [9.17, 15) is 29.7 Å². The monoisotopic (exact) mass is 1660 g/mol. The van der Waals surface area contributed by atoms with Crippen LogP contribution in [0, 0.1) is 76.9 Å². The van der Waals surface area contributed by atoms with E-state index in [4.69, 9.17) is 14.2 Å². The van der Waals surface area contributed by atoms with Crippen molar-refractivity contribution in [3.05, 3.63) is 252 Å². The third kappa shape index (κ3) is 18.7. The average Bonchev–Trinajstić information content (AvgIpc) is 1.60. The first kappa shape index (κ1) is 88.9. The Morgan fingerprint density at radius 2 is 0.516 bits per heavy atom. The number of hydrogen-bond acceptors (Lipinski definition) is 9. The Balaban J connectivity index is 0.000000118. The smallest absolute Gasteiger partial charge is 0.314 e. The molecule has 8 aliphatic rings. The second kappa shape index (κ2) is 40.1. The molecule has 9 nitrogen and oxygen atoms in total. The van der Waals surface area contributed by atoms with E-state index in [1.54, 1.807) is 18.2 Å². The van der Waals surface area contributed by atoms with Gasteiger partial charge in [-0.25, -0.2) is 0 Å². The van der Waals surface area contributed by atoms with E-state index in [0.29, 0.717) is 70.5 Å². The fourth-order valence-corrected chi connectivity index (χ4v) is 23.9. The Morgan fingerprint density at radius 3 is 0.806 bits per heavy atom. The number of hydrogen-bond donors (Lipinski definition) is 3. The molecular weight excluding hydrogens is 1530 g/mol. The summed E-state index contributed by atoms with van der Waals surface area (Å²) in [6.45, 7) is 26.7. The highest BCUT2D eigenvalue weighted by molar-refractivity contribution is 5.97. The molecule has 6 bridgehead atoms. The maximum atomic E-state index is 13.2. The predicted molar refractivity (Wildman–Crippen MR) is 512 cm³/mol. The van der Waals surface area contributed by atoms with Crippen molar-refractivity contribution in [3.63, 3.8) is 0 Å². The molecule has 650 valence electrons. The molecule has 0 aliphatic heterocycles. The van der Waals surface area contributed by atoms with Gasteiger partial charge in [0.05, 0.1) is 17.8 Å². The van der Waals surface area contributed by atoms with Crippen LogP contribution in [-0.2, 0) is 14.4 Å². The van der Waals surface area contributed by atoms with Crippen LogP contribution in [0.15, 0.2) is 218 Å². The second-order valence-electron chi connectivity index (χ2n) is 38.5. The largest absolute Gasteiger partial charge is 0.507 e. The summed E-state index contributed by atoms with van der Waals surface area (Å²) in [5, 5.41) is 42.5. The lowest BCUT2D eigenvalue weighted by Gasteiger charge is -2.38. The number of ether oxygens (including phenoxy) is 3. The van der Waals surface area contributed by atoms with Crippen LogP contribution in [0.2, 0.25) is 0 Å². The number of fused-ring (bicyclic) bond motifs is 18. The summed E-state index contributed by atoms with van der Waals surface area (Å²) >= 11 is 0. The normalized spacial score (nSPS) is 24.2. The Hall–Kier alpha value is -9.99. The number of carbonyl (C=O) groups excluding carboxylic acids is 3. The van der Waals surface area contributed by atoms with E-state index in [0.717, 1.165) is 149 Å².